The number of carbonyl (C=O) groups is 3. The number of aromatic carboxylic acids is 1. The van der Waals surface area contributed by atoms with Crippen LogP contribution in [0.4, 0.5) is 5.69 Å². The minimum atomic E-state index is -3.67. The van der Waals surface area contributed by atoms with Gasteiger partial charge in [0, 0.05) is 34.5 Å². The number of carboxylic acids is 1. The molecule has 2 aromatic heterocycles. The highest BCUT2D eigenvalue weighted by atomic mass is 32.2. The number of methoxy groups -OCH3 is 1. The summed E-state index contributed by atoms with van der Waals surface area (Å²) in [6.45, 7) is 7.96. The van der Waals surface area contributed by atoms with Crippen LogP contribution >= 0.6 is 0 Å². The van der Waals surface area contributed by atoms with Crippen molar-refractivity contribution in [3.63, 3.8) is 0 Å². The molecular formula is C29H36N6O8S. The van der Waals surface area contributed by atoms with Gasteiger partial charge < -0.3 is 26.2 Å². The molecule has 2 amide bonds. The van der Waals surface area contributed by atoms with Crippen LogP contribution in [-0.4, -0.2) is 71.1 Å². The predicted octanol–water partition coefficient (Wildman–Crippen LogP) is 3.30. The highest BCUT2D eigenvalue weighted by Crippen LogP contribution is 2.29. The van der Waals surface area contributed by atoms with E-state index in [9.17, 15) is 27.9 Å². The van der Waals surface area contributed by atoms with Gasteiger partial charge in [-0.25, -0.2) is 14.8 Å². The molecule has 44 heavy (non-hydrogen) atoms. The summed E-state index contributed by atoms with van der Waals surface area (Å²) in [5.74, 6) is -2.13. The van der Waals surface area contributed by atoms with Crippen molar-refractivity contribution in [1.82, 2.24) is 15.3 Å². The molecule has 3 rings (SSSR count). The number of hydrogen-bond acceptors (Lipinski definition) is 9. The van der Waals surface area contributed by atoms with Crippen LogP contribution in [0, 0.1) is 17.2 Å². The van der Waals surface area contributed by atoms with Crippen LogP contribution in [0.15, 0.2) is 48.5 Å². The number of anilines is 1. The summed E-state index contributed by atoms with van der Waals surface area (Å²) in [6, 6.07) is 12.0. The number of nitrogens with zero attached hydrogens (tertiary/aromatic N) is 2. The molecule has 236 valence electrons. The molecule has 0 saturated carbocycles. The topological polar surface area (TPSA) is 235 Å². The van der Waals surface area contributed by atoms with Crippen molar-refractivity contribution >= 4 is 39.4 Å². The molecule has 0 aliphatic heterocycles. The van der Waals surface area contributed by atoms with E-state index < -0.39 is 33.6 Å². The molecule has 0 radical (unpaired) electrons. The molecular weight excluding hydrogens is 592 g/mol. The van der Waals surface area contributed by atoms with Gasteiger partial charge in [-0.3, -0.25) is 19.6 Å². The van der Waals surface area contributed by atoms with Crippen molar-refractivity contribution in [3.8, 4) is 17.0 Å². The SMILES string of the molecule is COc1ccc(-c2ccc(C(=O)NC(C(C)C)C(C)C)nc2C(=O)O)c(C(=O)Nc2ccc(C(=N)N)cc2)n1.CS(=O)(=O)O. The molecule has 15 heteroatoms. The summed E-state index contributed by atoms with van der Waals surface area (Å²) in [5, 5.41) is 23.1. The van der Waals surface area contributed by atoms with Gasteiger partial charge in [0.05, 0.1) is 13.4 Å². The van der Waals surface area contributed by atoms with Gasteiger partial charge in [-0.15, -0.1) is 0 Å². The molecule has 1 aromatic carbocycles. The molecule has 3 aromatic rings. The average Bonchev–Trinajstić information content (AvgIpc) is 2.94. The summed E-state index contributed by atoms with van der Waals surface area (Å²) in [6.07, 6.45) is 0.715. The van der Waals surface area contributed by atoms with Gasteiger partial charge in [0.1, 0.15) is 17.2 Å². The molecule has 0 fully saturated rings. The second kappa shape index (κ2) is 15.0. The first-order chi connectivity index (χ1) is 20.4. The number of rotatable bonds is 10. The predicted molar refractivity (Wildman–Crippen MR) is 165 cm³/mol. The zero-order valence-corrected chi connectivity index (χ0v) is 25.9. The van der Waals surface area contributed by atoms with Gasteiger partial charge in [-0.05, 0) is 54.3 Å². The zero-order valence-electron chi connectivity index (χ0n) is 25.1. The number of hydrogen-bond donors (Lipinski definition) is 6. The van der Waals surface area contributed by atoms with Crippen LogP contribution in [-0.2, 0) is 10.1 Å². The fourth-order valence-corrected chi connectivity index (χ4v) is 4.16. The van der Waals surface area contributed by atoms with Crippen molar-refractivity contribution in [3.05, 3.63) is 71.2 Å². The molecule has 0 aliphatic carbocycles. The smallest absolute Gasteiger partial charge is 0.355 e. The van der Waals surface area contributed by atoms with Gasteiger partial charge in [0.25, 0.3) is 21.9 Å². The Bertz CT molecular complexity index is 1620. The van der Waals surface area contributed by atoms with E-state index in [0.29, 0.717) is 17.5 Å². The number of nitrogens with one attached hydrogen (secondary N) is 3. The van der Waals surface area contributed by atoms with E-state index in [1.54, 1.807) is 24.3 Å². The van der Waals surface area contributed by atoms with Crippen molar-refractivity contribution in [2.75, 3.05) is 18.7 Å². The normalized spacial score (nSPS) is 11.0. The number of ether oxygens (including phenoxy) is 1. The lowest BCUT2D eigenvalue weighted by atomic mass is 9.93. The van der Waals surface area contributed by atoms with E-state index in [1.807, 2.05) is 27.7 Å². The second-order valence-electron chi connectivity index (χ2n) is 10.3. The highest BCUT2D eigenvalue weighted by Gasteiger charge is 2.25. The number of nitrogens with two attached hydrogens (primary N) is 1. The van der Waals surface area contributed by atoms with Crippen LogP contribution < -0.4 is 21.1 Å². The fourth-order valence-electron chi connectivity index (χ4n) is 4.16. The summed E-state index contributed by atoms with van der Waals surface area (Å²) >= 11 is 0. The average molecular weight is 629 g/mol. The van der Waals surface area contributed by atoms with E-state index in [2.05, 4.69) is 20.6 Å². The lowest BCUT2D eigenvalue weighted by Gasteiger charge is -2.26. The lowest BCUT2D eigenvalue weighted by molar-refractivity contribution is 0.0690. The van der Waals surface area contributed by atoms with Gasteiger partial charge in [-0.2, -0.15) is 8.42 Å². The zero-order chi connectivity index (χ0) is 33.4. The molecule has 0 aliphatic rings. The van der Waals surface area contributed by atoms with Gasteiger partial charge in [0.15, 0.2) is 5.69 Å². The van der Waals surface area contributed by atoms with Crippen LogP contribution in [0.3, 0.4) is 0 Å². The maximum Gasteiger partial charge on any atom is 0.355 e. The number of pyridine rings is 2. The Morgan fingerprint density at radius 2 is 1.41 bits per heavy atom. The molecule has 0 bridgehead atoms. The number of nitrogen functional groups attached to an aromatic ring is 1. The summed E-state index contributed by atoms with van der Waals surface area (Å²) in [7, 11) is -2.27. The molecule has 0 atom stereocenters. The minimum absolute atomic E-state index is 0.0551. The summed E-state index contributed by atoms with van der Waals surface area (Å²) < 4.78 is 31.0. The Morgan fingerprint density at radius 1 is 0.886 bits per heavy atom. The Labute approximate surface area is 255 Å². The fraction of sp³-hybridized carbons (Fsp3) is 0.310. The van der Waals surface area contributed by atoms with Crippen molar-refractivity contribution in [2.45, 2.75) is 33.7 Å². The maximum atomic E-state index is 13.3. The Morgan fingerprint density at radius 3 is 1.89 bits per heavy atom. The quantitative estimate of drug-likeness (QED) is 0.108. The first-order valence-corrected chi connectivity index (χ1v) is 15.1. The minimum Gasteiger partial charge on any atom is -0.481 e. The molecule has 0 saturated heterocycles. The molecule has 0 spiro atoms. The van der Waals surface area contributed by atoms with Gasteiger partial charge in [-0.1, -0.05) is 27.7 Å². The Hall–Kier alpha value is -4.89. The van der Waals surface area contributed by atoms with Crippen LogP contribution in [0.1, 0.15) is 64.7 Å². The summed E-state index contributed by atoms with van der Waals surface area (Å²) in [5.41, 5.74) is 6.11. The first kappa shape index (κ1) is 35.3. The number of carbonyl (C=O) groups excluding carboxylic acids is 2. The molecule has 2 heterocycles. The molecule has 0 unspecified atom stereocenters. The van der Waals surface area contributed by atoms with Crippen molar-refractivity contribution < 1.29 is 37.2 Å². The number of amides is 2. The second-order valence-corrected chi connectivity index (χ2v) is 11.8. The maximum absolute atomic E-state index is 13.3. The Balaban J connectivity index is 0.00000125. The van der Waals surface area contributed by atoms with E-state index in [1.165, 1.54) is 31.4 Å². The van der Waals surface area contributed by atoms with E-state index >= 15 is 0 Å². The monoisotopic (exact) mass is 628 g/mol. The standard InChI is InChI=1S/C28H32N6O5.CH4O3S/c1-14(2)22(15(3)4)34-26(35)20-12-10-19(24(32-20)28(37)38)18-11-13-21(39-5)33-23(18)27(36)31-17-8-6-16(7-9-17)25(29)30;1-5(2,3)4/h6-15,22H,1-5H3,(H3,29,30)(H,31,36)(H,34,35)(H,37,38);1H3,(H,2,3,4). The Kier molecular flexibility index (Phi) is 12.1. The molecule has 14 nitrogen and oxygen atoms in total. The number of carboxylic acid groups (broad SMARTS) is 1. The number of aromatic nitrogens is 2. The number of amidine groups is 1. The van der Waals surface area contributed by atoms with Crippen LogP contribution in [0.25, 0.3) is 11.1 Å². The van der Waals surface area contributed by atoms with Gasteiger partial charge >= 0.3 is 5.97 Å². The highest BCUT2D eigenvalue weighted by molar-refractivity contribution is 7.85. The van der Waals surface area contributed by atoms with Gasteiger partial charge in [0.2, 0.25) is 5.88 Å². The first-order valence-electron chi connectivity index (χ1n) is 13.2. The third kappa shape index (κ3) is 10.1. The van der Waals surface area contributed by atoms with Crippen molar-refractivity contribution in [2.24, 2.45) is 17.6 Å². The lowest BCUT2D eigenvalue weighted by Crippen LogP contribution is -2.42. The van der Waals surface area contributed by atoms with E-state index in [-0.39, 0.29) is 52.1 Å². The number of benzene rings is 1. The van der Waals surface area contributed by atoms with Crippen LogP contribution in [0.2, 0.25) is 0 Å². The third-order valence-electron chi connectivity index (χ3n) is 6.10. The van der Waals surface area contributed by atoms with E-state index in [0.717, 1.165) is 0 Å². The van der Waals surface area contributed by atoms with E-state index in [4.69, 9.17) is 20.4 Å². The summed E-state index contributed by atoms with van der Waals surface area (Å²) in [4.78, 5) is 46.8. The third-order valence-corrected chi connectivity index (χ3v) is 6.10. The largest absolute Gasteiger partial charge is 0.481 e. The van der Waals surface area contributed by atoms with Crippen molar-refractivity contribution in [1.29, 1.82) is 5.41 Å². The van der Waals surface area contributed by atoms with Crippen LogP contribution in [0.5, 0.6) is 5.88 Å². The molecule has 7 N–H and O–H groups in total.